The molecule has 2 amide bonds. The average molecular weight is 370 g/mol. The third-order valence-corrected chi connectivity index (χ3v) is 3.82. The van der Waals surface area contributed by atoms with Gasteiger partial charge >= 0.3 is 0 Å². The number of carbonyl (C=O) groups excluding carboxylic acids is 2. The lowest BCUT2D eigenvalue weighted by Crippen LogP contribution is -2.20. The van der Waals surface area contributed by atoms with Gasteiger partial charge < -0.3 is 20.1 Å². The number of ether oxygens (including phenoxy) is 2. The van der Waals surface area contributed by atoms with Crippen LogP contribution in [0.25, 0.3) is 0 Å². The van der Waals surface area contributed by atoms with Crippen molar-refractivity contribution in [2.45, 2.75) is 26.2 Å². The van der Waals surface area contributed by atoms with Crippen molar-refractivity contribution in [2.75, 3.05) is 31.0 Å². The summed E-state index contributed by atoms with van der Waals surface area (Å²) in [4.78, 5) is 23.5. The molecule has 0 saturated heterocycles. The number of anilines is 2. The van der Waals surface area contributed by atoms with Gasteiger partial charge in [0.25, 0.3) is 5.91 Å². The van der Waals surface area contributed by atoms with Gasteiger partial charge in [-0.15, -0.1) is 0 Å². The molecule has 0 saturated carbocycles. The largest absolute Gasteiger partial charge is 0.484 e. The summed E-state index contributed by atoms with van der Waals surface area (Å²) in [7, 11) is 1.46. The predicted molar refractivity (Wildman–Crippen MR) is 106 cm³/mol. The third kappa shape index (κ3) is 6.75. The van der Waals surface area contributed by atoms with E-state index in [4.69, 9.17) is 9.47 Å². The fourth-order valence-corrected chi connectivity index (χ4v) is 2.36. The molecule has 2 aromatic rings. The van der Waals surface area contributed by atoms with Gasteiger partial charge in [0.2, 0.25) is 5.91 Å². The monoisotopic (exact) mass is 370 g/mol. The van der Waals surface area contributed by atoms with E-state index in [0.29, 0.717) is 11.4 Å². The van der Waals surface area contributed by atoms with Crippen molar-refractivity contribution in [3.63, 3.8) is 0 Å². The normalized spacial score (nSPS) is 11.0. The number of benzene rings is 2. The van der Waals surface area contributed by atoms with Crippen molar-refractivity contribution in [3.8, 4) is 5.75 Å². The summed E-state index contributed by atoms with van der Waals surface area (Å²) in [6.07, 6.45) is 0. The van der Waals surface area contributed by atoms with Crippen LogP contribution < -0.4 is 15.4 Å². The van der Waals surface area contributed by atoms with Crippen LogP contribution in [0.5, 0.6) is 5.75 Å². The lowest BCUT2D eigenvalue weighted by Gasteiger charge is -2.19. The molecule has 144 valence electrons. The van der Waals surface area contributed by atoms with E-state index in [1.807, 2.05) is 24.3 Å². The predicted octanol–water partition coefficient (Wildman–Crippen LogP) is 3.59. The van der Waals surface area contributed by atoms with Crippen LogP contribution in [0, 0.1) is 0 Å². The van der Waals surface area contributed by atoms with Crippen LogP contribution in [-0.4, -0.2) is 32.1 Å². The van der Waals surface area contributed by atoms with Gasteiger partial charge in [-0.25, -0.2) is 0 Å². The fraction of sp³-hybridized carbons (Fsp3) is 0.333. The SMILES string of the molecule is COCC(=O)Nc1ccc(OCC(=O)Nc2ccc(C(C)(C)C)cc2)cc1. The van der Waals surface area contributed by atoms with Gasteiger partial charge in [-0.1, -0.05) is 32.9 Å². The molecule has 2 rings (SSSR count). The Labute approximate surface area is 159 Å². The Morgan fingerprint density at radius 2 is 1.30 bits per heavy atom. The zero-order valence-electron chi connectivity index (χ0n) is 16.2. The van der Waals surface area contributed by atoms with Gasteiger partial charge in [0.1, 0.15) is 12.4 Å². The zero-order chi connectivity index (χ0) is 19.9. The fourth-order valence-electron chi connectivity index (χ4n) is 2.36. The first-order valence-corrected chi connectivity index (χ1v) is 8.70. The molecule has 0 heterocycles. The van der Waals surface area contributed by atoms with Gasteiger partial charge in [0.05, 0.1) is 0 Å². The molecule has 0 atom stereocenters. The summed E-state index contributed by atoms with van der Waals surface area (Å²) in [6.45, 7) is 6.32. The smallest absolute Gasteiger partial charge is 0.262 e. The highest BCUT2D eigenvalue weighted by Gasteiger charge is 2.13. The Kier molecular flexibility index (Phi) is 6.96. The summed E-state index contributed by atoms with van der Waals surface area (Å²) < 4.78 is 10.2. The van der Waals surface area contributed by atoms with E-state index >= 15 is 0 Å². The highest BCUT2D eigenvalue weighted by molar-refractivity contribution is 5.92. The first-order chi connectivity index (χ1) is 12.8. The van der Waals surface area contributed by atoms with Crippen molar-refractivity contribution < 1.29 is 19.1 Å². The van der Waals surface area contributed by atoms with Gasteiger partial charge in [-0.05, 0) is 47.4 Å². The third-order valence-electron chi connectivity index (χ3n) is 3.82. The van der Waals surface area contributed by atoms with Crippen molar-refractivity contribution in [3.05, 3.63) is 54.1 Å². The van der Waals surface area contributed by atoms with Gasteiger partial charge in [-0.3, -0.25) is 9.59 Å². The minimum absolute atomic E-state index is 0.00481. The Bertz CT molecular complexity index is 762. The molecular formula is C21H26N2O4. The van der Waals surface area contributed by atoms with Crippen LogP contribution in [0.3, 0.4) is 0 Å². The molecule has 2 aromatic carbocycles. The number of rotatable bonds is 7. The Balaban J connectivity index is 1.82. The molecule has 0 aliphatic heterocycles. The number of amides is 2. The summed E-state index contributed by atoms with van der Waals surface area (Å²) in [5.74, 6) is 0.0666. The highest BCUT2D eigenvalue weighted by Crippen LogP contribution is 2.23. The first kappa shape index (κ1) is 20.5. The molecule has 0 unspecified atom stereocenters. The zero-order valence-corrected chi connectivity index (χ0v) is 16.2. The van der Waals surface area contributed by atoms with Crippen LogP contribution in [0.2, 0.25) is 0 Å². The minimum Gasteiger partial charge on any atom is -0.484 e. The van der Waals surface area contributed by atoms with Crippen molar-refractivity contribution in [2.24, 2.45) is 0 Å². The van der Waals surface area contributed by atoms with Crippen molar-refractivity contribution >= 4 is 23.2 Å². The maximum absolute atomic E-state index is 12.0. The molecule has 6 nitrogen and oxygen atoms in total. The number of carbonyl (C=O) groups is 2. The molecule has 2 N–H and O–H groups in total. The maximum Gasteiger partial charge on any atom is 0.262 e. The molecular weight excluding hydrogens is 344 g/mol. The summed E-state index contributed by atoms with van der Waals surface area (Å²) in [5.41, 5.74) is 2.64. The maximum atomic E-state index is 12.0. The van der Waals surface area contributed by atoms with E-state index in [1.165, 1.54) is 12.7 Å². The van der Waals surface area contributed by atoms with E-state index in [2.05, 4.69) is 31.4 Å². The van der Waals surface area contributed by atoms with Crippen LogP contribution >= 0.6 is 0 Å². The molecule has 0 fully saturated rings. The quantitative estimate of drug-likeness (QED) is 0.781. The van der Waals surface area contributed by atoms with Crippen molar-refractivity contribution in [1.82, 2.24) is 0 Å². The van der Waals surface area contributed by atoms with E-state index < -0.39 is 0 Å². The average Bonchev–Trinajstić information content (AvgIpc) is 2.61. The van der Waals surface area contributed by atoms with Gasteiger partial charge in [0, 0.05) is 18.5 Å². The van der Waals surface area contributed by atoms with Crippen LogP contribution in [-0.2, 0) is 19.7 Å². The number of methoxy groups -OCH3 is 1. The first-order valence-electron chi connectivity index (χ1n) is 8.70. The molecule has 0 radical (unpaired) electrons. The second-order valence-corrected chi connectivity index (χ2v) is 7.17. The molecule has 27 heavy (non-hydrogen) atoms. The highest BCUT2D eigenvalue weighted by atomic mass is 16.5. The van der Waals surface area contributed by atoms with E-state index in [-0.39, 0.29) is 30.4 Å². The molecule has 0 bridgehead atoms. The van der Waals surface area contributed by atoms with Crippen LogP contribution in [0.4, 0.5) is 11.4 Å². The summed E-state index contributed by atoms with van der Waals surface area (Å²) in [6, 6.07) is 14.6. The summed E-state index contributed by atoms with van der Waals surface area (Å²) >= 11 is 0. The molecule has 0 aliphatic carbocycles. The lowest BCUT2D eigenvalue weighted by molar-refractivity contribution is -0.119. The molecule has 6 heteroatoms. The topological polar surface area (TPSA) is 76.7 Å². The van der Waals surface area contributed by atoms with Gasteiger partial charge in [0.15, 0.2) is 6.61 Å². The lowest BCUT2D eigenvalue weighted by atomic mass is 9.87. The number of hydrogen-bond donors (Lipinski definition) is 2. The van der Waals surface area contributed by atoms with Crippen molar-refractivity contribution in [1.29, 1.82) is 0 Å². The summed E-state index contributed by atoms with van der Waals surface area (Å²) in [5, 5.41) is 5.49. The Morgan fingerprint density at radius 3 is 1.78 bits per heavy atom. The van der Waals surface area contributed by atoms with Gasteiger partial charge in [-0.2, -0.15) is 0 Å². The van der Waals surface area contributed by atoms with E-state index in [9.17, 15) is 9.59 Å². The standard InChI is InChI=1S/C21H26N2O4/c1-21(2,3)15-5-7-16(8-6-15)23-20(25)14-27-18-11-9-17(10-12-18)22-19(24)13-26-4/h5-12H,13-14H2,1-4H3,(H,22,24)(H,23,25). The Morgan fingerprint density at radius 1 is 0.815 bits per heavy atom. The number of hydrogen-bond acceptors (Lipinski definition) is 4. The van der Waals surface area contributed by atoms with E-state index in [1.54, 1.807) is 24.3 Å². The van der Waals surface area contributed by atoms with E-state index in [0.717, 1.165) is 5.69 Å². The minimum atomic E-state index is -0.240. The second-order valence-electron chi connectivity index (χ2n) is 7.17. The van der Waals surface area contributed by atoms with Crippen LogP contribution in [0.1, 0.15) is 26.3 Å². The van der Waals surface area contributed by atoms with Crippen LogP contribution in [0.15, 0.2) is 48.5 Å². The number of nitrogens with one attached hydrogen (secondary N) is 2. The second kappa shape index (κ2) is 9.19. The molecule has 0 aliphatic rings. The molecule has 0 aromatic heterocycles. The Hall–Kier alpha value is -2.86. The molecule has 0 spiro atoms.